The molecular weight excluding hydrogens is 352 g/mol. The van der Waals surface area contributed by atoms with Crippen LogP contribution in [0.15, 0.2) is 36.7 Å². The molecule has 0 aliphatic carbocycles. The van der Waals surface area contributed by atoms with Crippen LogP contribution in [0.25, 0.3) is 5.78 Å². The first kappa shape index (κ1) is 17.3. The zero-order chi connectivity index (χ0) is 19.3. The summed E-state index contributed by atoms with van der Waals surface area (Å²) < 4.78 is 1.53. The van der Waals surface area contributed by atoms with Crippen LogP contribution >= 0.6 is 0 Å². The average Bonchev–Trinajstić information content (AvgIpc) is 3.33. The first-order valence-electron chi connectivity index (χ1n) is 9.88. The predicted molar refractivity (Wildman–Crippen MR) is 105 cm³/mol. The van der Waals surface area contributed by atoms with Gasteiger partial charge < -0.3 is 5.32 Å². The van der Waals surface area contributed by atoms with Gasteiger partial charge in [-0.15, -0.1) is 5.10 Å². The largest absolute Gasteiger partial charge is 0.345 e. The molecule has 7 heteroatoms. The maximum atomic E-state index is 12.7. The smallest absolute Gasteiger partial charge is 0.291 e. The summed E-state index contributed by atoms with van der Waals surface area (Å²) in [5, 5.41) is 7.42. The molecule has 2 aliphatic heterocycles. The van der Waals surface area contributed by atoms with Gasteiger partial charge in [0.25, 0.3) is 11.7 Å². The summed E-state index contributed by atoms with van der Waals surface area (Å²) >= 11 is 0. The molecule has 28 heavy (non-hydrogen) atoms. The van der Waals surface area contributed by atoms with Crippen LogP contribution in [0, 0.1) is 13.8 Å². The molecule has 5 rings (SSSR count). The summed E-state index contributed by atoms with van der Waals surface area (Å²) in [6, 6.07) is 9.58. The minimum atomic E-state index is -0.214. The summed E-state index contributed by atoms with van der Waals surface area (Å²) in [6.45, 7) is 5.24. The molecule has 144 valence electrons. The molecule has 0 radical (unpaired) electrons. The van der Waals surface area contributed by atoms with E-state index < -0.39 is 0 Å². The monoisotopic (exact) mass is 376 g/mol. The first-order valence-corrected chi connectivity index (χ1v) is 9.88. The SMILES string of the molecule is Cc1cc(C)cc(CN2[C@@H]3CC[C@H]2[C@@H](NC(=O)c2nc4ncccn4n2)C3)c1. The van der Waals surface area contributed by atoms with Crippen molar-refractivity contribution in [2.45, 2.75) is 57.8 Å². The number of carbonyl (C=O) groups excluding carboxylic acids is 1. The molecule has 2 aromatic heterocycles. The maximum Gasteiger partial charge on any atom is 0.291 e. The van der Waals surface area contributed by atoms with Crippen LogP contribution in [0.1, 0.15) is 46.6 Å². The van der Waals surface area contributed by atoms with Crippen molar-refractivity contribution in [3.63, 3.8) is 0 Å². The number of aryl methyl sites for hydroxylation is 2. The number of benzene rings is 1. The van der Waals surface area contributed by atoms with E-state index in [4.69, 9.17) is 0 Å². The molecule has 1 N–H and O–H groups in total. The van der Waals surface area contributed by atoms with Gasteiger partial charge in [-0.3, -0.25) is 9.69 Å². The number of aromatic nitrogens is 4. The third kappa shape index (κ3) is 3.05. The lowest BCUT2D eigenvalue weighted by Gasteiger charge is -2.25. The molecule has 0 saturated carbocycles. The number of fused-ring (bicyclic) bond motifs is 3. The summed E-state index contributed by atoms with van der Waals surface area (Å²) in [7, 11) is 0. The molecule has 0 unspecified atom stereocenters. The number of carbonyl (C=O) groups is 1. The van der Waals surface area contributed by atoms with Gasteiger partial charge in [-0.05, 0) is 44.7 Å². The Hall–Kier alpha value is -2.80. The zero-order valence-corrected chi connectivity index (χ0v) is 16.2. The van der Waals surface area contributed by atoms with Gasteiger partial charge in [-0.1, -0.05) is 29.3 Å². The fraction of sp³-hybridized carbons (Fsp3) is 0.429. The van der Waals surface area contributed by atoms with Gasteiger partial charge in [0, 0.05) is 37.1 Å². The lowest BCUT2D eigenvalue weighted by molar-refractivity contribution is 0.0915. The minimum absolute atomic E-state index is 0.150. The average molecular weight is 376 g/mol. The lowest BCUT2D eigenvalue weighted by atomic mass is 9.95. The molecule has 2 bridgehead atoms. The Bertz CT molecular complexity index is 991. The molecule has 2 saturated heterocycles. The Labute approximate surface area is 163 Å². The number of hydrogen-bond acceptors (Lipinski definition) is 5. The van der Waals surface area contributed by atoms with E-state index in [-0.39, 0.29) is 17.8 Å². The Morgan fingerprint density at radius 1 is 1.21 bits per heavy atom. The van der Waals surface area contributed by atoms with Crippen LogP contribution in [-0.2, 0) is 6.54 Å². The molecular formula is C21H24N6O. The minimum Gasteiger partial charge on any atom is -0.345 e. The van der Waals surface area contributed by atoms with Crippen molar-refractivity contribution in [3.8, 4) is 0 Å². The van der Waals surface area contributed by atoms with Gasteiger partial charge in [0.1, 0.15) is 0 Å². The summed E-state index contributed by atoms with van der Waals surface area (Å²) in [5.74, 6) is 0.411. The highest BCUT2D eigenvalue weighted by Crippen LogP contribution is 2.39. The number of rotatable bonds is 4. The number of hydrogen-bond donors (Lipinski definition) is 1. The fourth-order valence-electron chi connectivity index (χ4n) is 4.94. The maximum absolute atomic E-state index is 12.7. The number of nitrogens with one attached hydrogen (secondary N) is 1. The Morgan fingerprint density at radius 3 is 2.82 bits per heavy atom. The molecule has 7 nitrogen and oxygen atoms in total. The van der Waals surface area contributed by atoms with Crippen LogP contribution in [0.5, 0.6) is 0 Å². The van der Waals surface area contributed by atoms with E-state index in [0.29, 0.717) is 17.9 Å². The zero-order valence-electron chi connectivity index (χ0n) is 16.2. The van der Waals surface area contributed by atoms with Crippen LogP contribution in [-0.4, -0.2) is 48.5 Å². The predicted octanol–water partition coefficient (Wildman–Crippen LogP) is 2.28. The van der Waals surface area contributed by atoms with E-state index in [1.54, 1.807) is 18.5 Å². The number of amides is 1. The Morgan fingerprint density at radius 2 is 2.04 bits per heavy atom. The molecule has 2 aliphatic rings. The van der Waals surface area contributed by atoms with Crippen LogP contribution in [0.4, 0.5) is 0 Å². The highest BCUT2D eigenvalue weighted by Gasteiger charge is 2.46. The quantitative estimate of drug-likeness (QED) is 0.756. The van der Waals surface area contributed by atoms with Crippen molar-refractivity contribution >= 4 is 11.7 Å². The van der Waals surface area contributed by atoms with E-state index in [2.05, 4.69) is 57.3 Å². The van der Waals surface area contributed by atoms with Crippen LogP contribution in [0.2, 0.25) is 0 Å². The third-order valence-electron chi connectivity index (χ3n) is 5.96. The third-order valence-corrected chi connectivity index (χ3v) is 5.96. The highest BCUT2D eigenvalue weighted by molar-refractivity contribution is 5.91. The second-order valence-electron chi connectivity index (χ2n) is 8.08. The number of nitrogens with zero attached hydrogens (tertiary/aromatic N) is 5. The standard InChI is InChI=1S/C21H24N6O/c1-13-8-14(2)10-15(9-13)12-26-16-4-5-18(26)17(11-16)23-20(28)19-24-21-22-6-3-7-27(21)25-19/h3,6-10,16-18H,4-5,11-12H2,1-2H3,(H,23,28)/t16-,17+,18+/m1/s1. The molecule has 3 aromatic rings. The Kier molecular flexibility index (Phi) is 4.12. The van der Waals surface area contributed by atoms with Gasteiger partial charge in [0.2, 0.25) is 5.82 Å². The van der Waals surface area contributed by atoms with Crippen molar-refractivity contribution in [2.75, 3.05) is 0 Å². The summed E-state index contributed by atoms with van der Waals surface area (Å²) in [6.07, 6.45) is 6.72. The van der Waals surface area contributed by atoms with E-state index in [1.807, 2.05) is 0 Å². The van der Waals surface area contributed by atoms with Crippen molar-refractivity contribution in [3.05, 3.63) is 59.2 Å². The lowest BCUT2D eigenvalue weighted by Crippen LogP contribution is -2.44. The van der Waals surface area contributed by atoms with Gasteiger partial charge in [-0.25, -0.2) is 9.50 Å². The molecule has 1 aromatic carbocycles. The molecule has 3 atom stereocenters. The molecule has 1 amide bonds. The molecule has 2 fully saturated rings. The van der Waals surface area contributed by atoms with Crippen molar-refractivity contribution in [1.29, 1.82) is 0 Å². The van der Waals surface area contributed by atoms with E-state index in [1.165, 1.54) is 27.6 Å². The van der Waals surface area contributed by atoms with Crippen molar-refractivity contribution < 1.29 is 4.79 Å². The fourth-order valence-corrected chi connectivity index (χ4v) is 4.94. The van der Waals surface area contributed by atoms with Gasteiger partial charge in [0.15, 0.2) is 0 Å². The summed E-state index contributed by atoms with van der Waals surface area (Å²) in [5.41, 5.74) is 3.96. The van der Waals surface area contributed by atoms with Gasteiger partial charge in [-0.2, -0.15) is 4.98 Å². The van der Waals surface area contributed by atoms with E-state index in [9.17, 15) is 4.79 Å². The van der Waals surface area contributed by atoms with Gasteiger partial charge in [0.05, 0.1) is 0 Å². The van der Waals surface area contributed by atoms with Crippen LogP contribution in [0.3, 0.4) is 0 Å². The van der Waals surface area contributed by atoms with Crippen LogP contribution < -0.4 is 5.32 Å². The second-order valence-corrected chi connectivity index (χ2v) is 8.08. The topological polar surface area (TPSA) is 75.4 Å². The second kappa shape index (κ2) is 6.67. The summed E-state index contributed by atoms with van der Waals surface area (Å²) in [4.78, 5) is 23.6. The van der Waals surface area contributed by atoms with Crippen molar-refractivity contribution in [1.82, 2.24) is 29.8 Å². The molecule has 4 heterocycles. The van der Waals surface area contributed by atoms with Crippen molar-refractivity contribution in [2.24, 2.45) is 0 Å². The molecule has 0 spiro atoms. The normalized spacial score (nSPS) is 24.1. The van der Waals surface area contributed by atoms with E-state index in [0.717, 1.165) is 19.4 Å². The van der Waals surface area contributed by atoms with E-state index >= 15 is 0 Å². The Balaban J connectivity index is 1.30. The first-order chi connectivity index (χ1) is 13.6. The highest BCUT2D eigenvalue weighted by atomic mass is 16.2. The van der Waals surface area contributed by atoms with Gasteiger partial charge >= 0.3 is 0 Å².